The molecule has 2 rings (SSSR count). The van der Waals surface area contributed by atoms with Gasteiger partial charge in [0.25, 0.3) is 0 Å². The van der Waals surface area contributed by atoms with E-state index >= 15 is 0 Å². The van der Waals surface area contributed by atoms with Crippen molar-refractivity contribution in [2.24, 2.45) is 0 Å². The van der Waals surface area contributed by atoms with Crippen LogP contribution in [0.2, 0.25) is 5.15 Å². The summed E-state index contributed by atoms with van der Waals surface area (Å²) >= 11 is 5.99. The van der Waals surface area contributed by atoms with Crippen LogP contribution in [0.25, 0.3) is 5.65 Å². The summed E-state index contributed by atoms with van der Waals surface area (Å²) in [7, 11) is 0. The van der Waals surface area contributed by atoms with Gasteiger partial charge in [-0.25, -0.2) is 0 Å². The van der Waals surface area contributed by atoms with Gasteiger partial charge in [0.15, 0.2) is 5.65 Å². The van der Waals surface area contributed by atoms with Crippen molar-refractivity contribution < 1.29 is 0 Å². The first-order valence-electron chi connectivity index (χ1n) is 3.66. The quantitative estimate of drug-likeness (QED) is 0.582. The molecule has 2 heterocycles. The summed E-state index contributed by atoms with van der Waals surface area (Å²) in [6, 6.07) is 3.84. The fourth-order valence-corrected chi connectivity index (χ4v) is 1.61. The van der Waals surface area contributed by atoms with Gasteiger partial charge in [-0.1, -0.05) is 11.6 Å². The molecular formula is C8H8ClN3. The minimum Gasteiger partial charge on any atom is -0.269 e. The minimum absolute atomic E-state index is 0.660. The zero-order chi connectivity index (χ0) is 8.72. The maximum absolute atomic E-state index is 5.99. The molecule has 12 heavy (non-hydrogen) atoms. The Hall–Kier alpha value is -1.09. The number of nitrogens with zero attached hydrogens (tertiary/aromatic N) is 3. The fraction of sp³-hybridized carbons (Fsp3) is 0.250. The van der Waals surface area contributed by atoms with Gasteiger partial charge in [-0.3, -0.25) is 4.40 Å². The summed E-state index contributed by atoms with van der Waals surface area (Å²) in [4.78, 5) is 0. The second kappa shape index (κ2) is 2.45. The number of rotatable bonds is 0. The van der Waals surface area contributed by atoms with Gasteiger partial charge in [-0.05, 0) is 31.5 Å². The van der Waals surface area contributed by atoms with Crippen molar-refractivity contribution in [1.82, 2.24) is 14.6 Å². The highest BCUT2D eigenvalue weighted by atomic mass is 35.5. The van der Waals surface area contributed by atoms with Crippen LogP contribution in [0.4, 0.5) is 0 Å². The molecule has 0 aliphatic carbocycles. The van der Waals surface area contributed by atoms with Crippen LogP contribution in [0, 0.1) is 13.8 Å². The molecule has 0 amide bonds. The van der Waals surface area contributed by atoms with Crippen LogP contribution in [-0.4, -0.2) is 14.6 Å². The Bertz CT molecular complexity index is 433. The van der Waals surface area contributed by atoms with Gasteiger partial charge in [0, 0.05) is 0 Å². The Morgan fingerprint density at radius 2 is 2.00 bits per heavy atom. The number of hydrogen-bond acceptors (Lipinski definition) is 2. The van der Waals surface area contributed by atoms with E-state index in [1.807, 2.05) is 30.4 Å². The lowest BCUT2D eigenvalue weighted by Crippen LogP contribution is -1.90. The van der Waals surface area contributed by atoms with Crippen LogP contribution in [0.3, 0.4) is 0 Å². The summed E-state index contributed by atoms with van der Waals surface area (Å²) in [5.74, 6) is 0.815. The Morgan fingerprint density at radius 1 is 1.25 bits per heavy atom. The molecule has 0 N–H and O–H groups in total. The van der Waals surface area contributed by atoms with Crippen molar-refractivity contribution in [3.63, 3.8) is 0 Å². The number of aryl methyl sites for hydroxylation is 2. The molecular weight excluding hydrogens is 174 g/mol. The Kier molecular flexibility index (Phi) is 1.54. The molecule has 4 heteroatoms. The van der Waals surface area contributed by atoms with Crippen molar-refractivity contribution >= 4 is 17.2 Å². The van der Waals surface area contributed by atoms with Crippen LogP contribution in [0.1, 0.15) is 11.4 Å². The average molecular weight is 182 g/mol. The summed E-state index contributed by atoms with van der Waals surface area (Å²) in [5.41, 5.74) is 1.90. The molecule has 0 aliphatic heterocycles. The highest BCUT2D eigenvalue weighted by Crippen LogP contribution is 2.15. The number of hydrogen-bond donors (Lipinski definition) is 0. The summed E-state index contributed by atoms with van der Waals surface area (Å²) < 4.78 is 1.81. The van der Waals surface area contributed by atoms with E-state index < -0.39 is 0 Å². The van der Waals surface area contributed by atoms with Crippen molar-refractivity contribution in [2.45, 2.75) is 13.8 Å². The van der Waals surface area contributed by atoms with Gasteiger partial charge >= 0.3 is 0 Å². The summed E-state index contributed by atoms with van der Waals surface area (Å²) in [5, 5.41) is 8.55. The first-order chi connectivity index (χ1) is 5.68. The van der Waals surface area contributed by atoms with E-state index in [9.17, 15) is 0 Å². The van der Waals surface area contributed by atoms with E-state index in [2.05, 4.69) is 10.2 Å². The van der Waals surface area contributed by atoms with Gasteiger partial charge in [-0.2, -0.15) is 0 Å². The van der Waals surface area contributed by atoms with Crippen molar-refractivity contribution in [1.29, 1.82) is 0 Å². The first-order valence-corrected chi connectivity index (χ1v) is 4.04. The van der Waals surface area contributed by atoms with Crippen LogP contribution in [0.15, 0.2) is 12.1 Å². The Morgan fingerprint density at radius 3 is 2.75 bits per heavy atom. The van der Waals surface area contributed by atoms with Gasteiger partial charge in [0.2, 0.25) is 0 Å². The van der Waals surface area contributed by atoms with Gasteiger partial charge in [0.1, 0.15) is 11.0 Å². The van der Waals surface area contributed by atoms with E-state index in [0.29, 0.717) is 5.15 Å². The summed E-state index contributed by atoms with van der Waals surface area (Å²) in [6.45, 7) is 3.86. The third-order valence-corrected chi connectivity index (χ3v) is 2.05. The molecule has 2 aromatic rings. The zero-order valence-corrected chi connectivity index (χ0v) is 7.63. The Balaban J connectivity index is 2.93. The molecule has 62 valence electrons. The monoisotopic (exact) mass is 181 g/mol. The highest BCUT2D eigenvalue weighted by molar-refractivity contribution is 6.29. The molecule has 2 aromatic heterocycles. The number of halogens is 1. The van der Waals surface area contributed by atoms with Crippen LogP contribution < -0.4 is 0 Å². The van der Waals surface area contributed by atoms with Gasteiger partial charge in [-0.15, -0.1) is 10.2 Å². The SMILES string of the molecule is Cc1cc(Cl)n2c(C)nnc2c1. The van der Waals surface area contributed by atoms with E-state index in [-0.39, 0.29) is 0 Å². The highest BCUT2D eigenvalue weighted by Gasteiger charge is 2.04. The van der Waals surface area contributed by atoms with Crippen molar-refractivity contribution in [3.05, 3.63) is 28.7 Å². The number of pyridine rings is 1. The lowest BCUT2D eigenvalue weighted by Gasteiger charge is -1.99. The lowest BCUT2D eigenvalue weighted by molar-refractivity contribution is 1.01. The van der Waals surface area contributed by atoms with Gasteiger partial charge in [0.05, 0.1) is 0 Å². The normalized spacial score (nSPS) is 10.9. The van der Waals surface area contributed by atoms with Crippen LogP contribution in [-0.2, 0) is 0 Å². The maximum Gasteiger partial charge on any atom is 0.162 e. The average Bonchev–Trinajstić information content (AvgIpc) is 2.31. The van der Waals surface area contributed by atoms with E-state index in [1.165, 1.54) is 0 Å². The lowest BCUT2D eigenvalue weighted by atomic mass is 10.3. The molecule has 0 radical (unpaired) electrons. The molecule has 0 saturated carbocycles. The first kappa shape index (κ1) is 7.55. The standard InChI is InChI=1S/C8H8ClN3/c1-5-3-7(9)12-6(2)10-11-8(12)4-5/h3-4H,1-2H3. The third-order valence-electron chi connectivity index (χ3n) is 1.77. The van der Waals surface area contributed by atoms with E-state index in [4.69, 9.17) is 11.6 Å². The molecule has 0 unspecified atom stereocenters. The molecule has 3 nitrogen and oxygen atoms in total. The summed E-state index contributed by atoms with van der Waals surface area (Å²) in [6.07, 6.45) is 0. The molecule has 0 saturated heterocycles. The van der Waals surface area contributed by atoms with Crippen LogP contribution >= 0.6 is 11.6 Å². The van der Waals surface area contributed by atoms with E-state index in [0.717, 1.165) is 17.0 Å². The molecule has 0 aliphatic rings. The molecule has 0 atom stereocenters. The topological polar surface area (TPSA) is 30.2 Å². The third kappa shape index (κ3) is 0.975. The molecule has 0 aromatic carbocycles. The smallest absolute Gasteiger partial charge is 0.162 e. The predicted molar refractivity (Wildman–Crippen MR) is 47.5 cm³/mol. The number of fused-ring (bicyclic) bond motifs is 1. The second-order valence-corrected chi connectivity index (χ2v) is 3.18. The minimum atomic E-state index is 0.660. The number of aromatic nitrogens is 3. The molecule has 0 bridgehead atoms. The predicted octanol–water partition coefficient (Wildman–Crippen LogP) is 2.00. The fourth-order valence-electron chi connectivity index (χ4n) is 1.23. The van der Waals surface area contributed by atoms with Crippen molar-refractivity contribution in [2.75, 3.05) is 0 Å². The van der Waals surface area contributed by atoms with Crippen molar-refractivity contribution in [3.8, 4) is 0 Å². The van der Waals surface area contributed by atoms with E-state index in [1.54, 1.807) is 0 Å². The van der Waals surface area contributed by atoms with Gasteiger partial charge < -0.3 is 0 Å². The molecule has 0 fully saturated rings. The maximum atomic E-state index is 5.99. The zero-order valence-electron chi connectivity index (χ0n) is 6.87. The van der Waals surface area contributed by atoms with Crippen LogP contribution in [0.5, 0.6) is 0 Å². The second-order valence-electron chi connectivity index (χ2n) is 2.80. The Labute approximate surface area is 75.0 Å². The molecule has 0 spiro atoms. The largest absolute Gasteiger partial charge is 0.269 e.